The van der Waals surface area contributed by atoms with Gasteiger partial charge in [0.15, 0.2) is 5.78 Å². The topological polar surface area (TPSA) is 76.1 Å². The Bertz CT molecular complexity index is 775. The summed E-state index contributed by atoms with van der Waals surface area (Å²) in [5.74, 6) is -0.0421. The SMILES string of the molecule is N#CC1=C(N)OC2=C(C(=O)CCC2)[C@H]1c1ccc(Cl)cc1Cl. The van der Waals surface area contributed by atoms with E-state index in [9.17, 15) is 10.1 Å². The zero-order chi connectivity index (χ0) is 15.9. The average Bonchev–Trinajstić information content (AvgIpc) is 2.46. The number of ketones is 1. The minimum Gasteiger partial charge on any atom is -0.444 e. The number of nitrogens with two attached hydrogens (primary N) is 1. The van der Waals surface area contributed by atoms with Crippen LogP contribution in [0.3, 0.4) is 0 Å². The van der Waals surface area contributed by atoms with Crippen LogP contribution in [0.2, 0.25) is 10.0 Å². The van der Waals surface area contributed by atoms with Gasteiger partial charge in [-0.25, -0.2) is 0 Å². The van der Waals surface area contributed by atoms with Crippen molar-refractivity contribution in [2.24, 2.45) is 5.73 Å². The first-order chi connectivity index (χ1) is 10.5. The van der Waals surface area contributed by atoms with Gasteiger partial charge in [-0.2, -0.15) is 5.26 Å². The van der Waals surface area contributed by atoms with E-state index in [0.717, 1.165) is 0 Å². The second-order valence-corrected chi connectivity index (χ2v) is 6.05. The van der Waals surface area contributed by atoms with Gasteiger partial charge in [0.05, 0.1) is 5.92 Å². The van der Waals surface area contributed by atoms with Crippen molar-refractivity contribution in [2.45, 2.75) is 25.2 Å². The number of carbonyl (C=O) groups is 1. The molecule has 0 spiro atoms. The number of halogens is 2. The zero-order valence-electron chi connectivity index (χ0n) is 11.5. The van der Waals surface area contributed by atoms with Crippen LogP contribution < -0.4 is 5.73 Å². The van der Waals surface area contributed by atoms with E-state index in [0.29, 0.717) is 46.2 Å². The summed E-state index contributed by atoms with van der Waals surface area (Å²) in [4.78, 5) is 12.4. The van der Waals surface area contributed by atoms with Gasteiger partial charge in [-0.3, -0.25) is 4.79 Å². The lowest BCUT2D eigenvalue weighted by atomic mass is 9.77. The van der Waals surface area contributed by atoms with Crippen LogP contribution in [0.5, 0.6) is 0 Å². The number of hydrogen-bond acceptors (Lipinski definition) is 4. The van der Waals surface area contributed by atoms with Gasteiger partial charge < -0.3 is 10.5 Å². The molecule has 1 aliphatic carbocycles. The molecule has 4 nitrogen and oxygen atoms in total. The van der Waals surface area contributed by atoms with Crippen LogP contribution >= 0.6 is 23.2 Å². The molecule has 0 amide bonds. The van der Waals surface area contributed by atoms with Crippen LogP contribution in [0.4, 0.5) is 0 Å². The number of nitriles is 1. The Hall–Kier alpha value is -1.96. The highest BCUT2D eigenvalue weighted by Crippen LogP contribution is 2.45. The summed E-state index contributed by atoms with van der Waals surface area (Å²) in [5.41, 5.74) is 7.20. The molecule has 2 aliphatic rings. The fourth-order valence-corrected chi connectivity index (χ4v) is 3.42. The van der Waals surface area contributed by atoms with E-state index in [1.54, 1.807) is 18.2 Å². The molecule has 1 aromatic carbocycles. The predicted molar refractivity (Wildman–Crippen MR) is 83.0 cm³/mol. The summed E-state index contributed by atoms with van der Waals surface area (Å²) in [6.45, 7) is 0. The standard InChI is InChI=1S/C16H12Cl2N2O2/c17-8-4-5-9(11(18)6-8)14-10(7-19)16(20)22-13-3-1-2-12(21)15(13)14/h4-6,14H,1-3,20H2/t14-/m0/s1. The number of benzene rings is 1. The first-order valence-electron chi connectivity index (χ1n) is 6.81. The molecular formula is C16H12Cl2N2O2. The van der Waals surface area contributed by atoms with Gasteiger partial charge in [0.1, 0.15) is 17.4 Å². The van der Waals surface area contributed by atoms with Crippen molar-refractivity contribution in [3.8, 4) is 6.07 Å². The molecule has 22 heavy (non-hydrogen) atoms. The second kappa shape index (κ2) is 5.68. The Labute approximate surface area is 137 Å². The number of hydrogen-bond donors (Lipinski definition) is 1. The van der Waals surface area contributed by atoms with Crippen molar-refractivity contribution in [1.29, 1.82) is 5.26 Å². The van der Waals surface area contributed by atoms with Crippen LogP contribution in [0.1, 0.15) is 30.7 Å². The number of rotatable bonds is 1. The van der Waals surface area contributed by atoms with Crippen LogP contribution in [-0.4, -0.2) is 5.78 Å². The molecule has 1 aromatic rings. The maximum absolute atomic E-state index is 12.4. The van der Waals surface area contributed by atoms with E-state index in [4.69, 9.17) is 33.7 Å². The van der Waals surface area contributed by atoms with Gasteiger partial charge >= 0.3 is 0 Å². The van der Waals surface area contributed by atoms with Crippen molar-refractivity contribution in [1.82, 2.24) is 0 Å². The smallest absolute Gasteiger partial charge is 0.205 e. The Balaban J connectivity index is 2.22. The molecule has 1 atom stereocenters. The molecule has 0 saturated heterocycles. The van der Waals surface area contributed by atoms with E-state index in [1.807, 2.05) is 6.07 Å². The molecule has 1 heterocycles. The van der Waals surface area contributed by atoms with E-state index in [1.165, 1.54) is 0 Å². The van der Waals surface area contributed by atoms with Gasteiger partial charge in [0, 0.05) is 28.5 Å². The summed E-state index contributed by atoms with van der Waals surface area (Å²) in [5, 5.41) is 10.3. The Kier molecular flexibility index (Phi) is 3.86. The highest BCUT2D eigenvalue weighted by atomic mass is 35.5. The van der Waals surface area contributed by atoms with Crippen LogP contribution in [0, 0.1) is 11.3 Å². The third-order valence-electron chi connectivity index (χ3n) is 3.88. The monoisotopic (exact) mass is 334 g/mol. The molecule has 112 valence electrons. The van der Waals surface area contributed by atoms with E-state index in [-0.39, 0.29) is 17.2 Å². The summed E-state index contributed by atoms with van der Waals surface area (Å²) in [7, 11) is 0. The lowest BCUT2D eigenvalue weighted by Gasteiger charge is -2.31. The number of allylic oxidation sites excluding steroid dienone is 3. The van der Waals surface area contributed by atoms with Crippen LogP contribution in [0.15, 0.2) is 41.0 Å². The minimum atomic E-state index is -0.591. The van der Waals surface area contributed by atoms with Crippen molar-refractivity contribution in [3.05, 3.63) is 56.6 Å². The van der Waals surface area contributed by atoms with Gasteiger partial charge in [-0.05, 0) is 24.1 Å². The molecule has 1 aliphatic heterocycles. The van der Waals surface area contributed by atoms with Gasteiger partial charge in [-0.1, -0.05) is 29.3 Å². The molecule has 0 fully saturated rings. The summed E-state index contributed by atoms with van der Waals surface area (Å²) in [6, 6.07) is 7.04. The summed E-state index contributed by atoms with van der Waals surface area (Å²) >= 11 is 12.2. The third-order valence-corrected chi connectivity index (χ3v) is 4.44. The highest BCUT2D eigenvalue weighted by Gasteiger charge is 2.38. The lowest BCUT2D eigenvalue weighted by Crippen LogP contribution is -2.27. The fourth-order valence-electron chi connectivity index (χ4n) is 2.90. The Morgan fingerprint density at radius 3 is 2.77 bits per heavy atom. The largest absolute Gasteiger partial charge is 0.444 e. The van der Waals surface area contributed by atoms with Crippen LogP contribution in [-0.2, 0) is 9.53 Å². The molecule has 0 radical (unpaired) electrons. The van der Waals surface area contributed by atoms with Crippen molar-refractivity contribution in [3.63, 3.8) is 0 Å². The number of carbonyl (C=O) groups excluding carboxylic acids is 1. The first-order valence-corrected chi connectivity index (χ1v) is 7.57. The molecular weight excluding hydrogens is 323 g/mol. The Morgan fingerprint density at radius 2 is 2.09 bits per heavy atom. The molecule has 0 unspecified atom stereocenters. The van der Waals surface area contributed by atoms with E-state index >= 15 is 0 Å². The number of Topliss-reactive ketones (excluding diaryl/α,β-unsaturated/α-hetero) is 1. The summed E-state index contributed by atoms with van der Waals surface area (Å²) < 4.78 is 5.50. The van der Waals surface area contributed by atoms with Gasteiger partial charge in [0.2, 0.25) is 5.88 Å². The van der Waals surface area contributed by atoms with Gasteiger partial charge in [-0.15, -0.1) is 0 Å². The van der Waals surface area contributed by atoms with Crippen molar-refractivity contribution >= 4 is 29.0 Å². The normalized spacial score (nSPS) is 21.3. The maximum Gasteiger partial charge on any atom is 0.205 e. The molecule has 3 rings (SSSR count). The zero-order valence-corrected chi connectivity index (χ0v) is 13.0. The molecule has 2 N–H and O–H groups in total. The predicted octanol–water partition coefficient (Wildman–Crippen LogP) is 3.81. The quantitative estimate of drug-likeness (QED) is 0.847. The molecule has 0 saturated carbocycles. The van der Waals surface area contributed by atoms with Crippen molar-refractivity contribution < 1.29 is 9.53 Å². The average molecular weight is 335 g/mol. The summed E-state index contributed by atoms with van der Waals surface area (Å²) in [6.07, 6.45) is 1.78. The number of ether oxygens (including phenoxy) is 1. The highest BCUT2D eigenvalue weighted by molar-refractivity contribution is 6.35. The van der Waals surface area contributed by atoms with Crippen molar-refractivity contribution in [2.75, 3.05) is 0 Å². The Morgan fingerprint density at radius 1 is 1.32 bits per heavy atom. The maximum atomic E-state index is 12.4. The lowest BCUT2D eigenvalue weighted by molar-refractivity contribution is -0.116. The van der Waals surface area contributed by atoms with Gasteiger partial charge in [0.25, 0.3) is 0 Å². The number of nitrogens with zero attached hydrogens (tertiary/aromatic N) is 1. The first kappa shape index (κ1) is 15.0. The molecule has 0 bridgehead atoms. The molecule has 6 heteroatoms. The van der Waals surface area contributed by atoms with E-state index < -0.39 is 5.92 Å². The minimum absolute atomic E-state index is 0.0301. The third kappa shape index (κ3) is 2.37. The second-order valence-electron chi connectivity index (χ2n) is 5.20. The van der Waals surface area contributed by atoms with Crippen LogP contribution in [0.25, 0.3) is 0 Å². The van der Waals surface area contributed by atoms with E-state index in [2.05, 4.69) is 0 Å². The fraction of sp³-hybridized carbons (Fsp3) is 0.250. The molecule has 0 aromatic heterocycles.